The summed E-state index contributed by atoms with van der Waals surface area (Å²) in [5, 5.41) is 0. The van der Waals surface area contributed by atoms with Crippen molar-refractivity contribution in [1.29, 1.82) is 0 Å². The van der Waals surface area contributed by atoms with Gasteiger partial charge in [0, 0.05) is 6.04 Å². The lowest BCUT2D eigenvalue weighted by molar-refractivity contribution is -0.122. The molecular weight excluding hydrogens is 152 g/mol. The van der Waals surface area contributed by atoms with Crippen LogP contribution >= 0.6 is 0 Å². The molecule has 2 N–H and O–H groups in total. The summed E-state index contributed by atoms with van der Waals surface area (Å²) in [6.07, 6.45) is 3.14. The number of carbonyl (C=O) groups excluding carboxylic acids is 1. The van der Waals surface area contributed by atoms with Crippen LogP contribution in [0.2, 0.25) is 0 Å². The molecule has 1 amide bonds. The molecule has 0 radical (unpaired) electrons. The number of hydrogen-bond donors (Lipinski definition) is 1. The van der Waals surface area contributed by atoms with E-state index in [2.05, 4.69) is 18.7 Å². The molecular formula is C9H18N2O. The summed E-state index contributed by atoms with van der Waals surface area (Å²) in [5.74, 6) is -0.159. The van der Waals surface area contributed by atoms with E-state index in [0.717, 1.165) is 25.8 Å². The highest BCUT2D eigenvalue weighted by molar-refractivity contribution is 5.80. The van der Waals surface area contributed by atoms with Crippen molar-refractivity contribution in [2.75, 3.05) is 6.54 Å². The van der Waals surface area contributed by atoms with E-state index in [9.17, 15) is 4.79 Å². The first-order valence-electron chi connectivity index (χ1n) is 4.72. The second-order valence-corrected chi connectivity index (χ2v) is 3.56. The Kier molecular flexibility index (Phi) is 3.09. The summed E-state index contributed by atoms with van der Waals surface area (Å²) >= 11 is 0. The van der Waals surface area contributed by atoms with Gasteiger partial charge in [-0.1, -0.05) is 6.92 Å². The van der Waals surface area contributed by atoms with Crippen molar-refractivity contribution < 1.29 is 4.79 Å². The van der Waals surface area contributed by atoms with Crippen molar-refractivity contribution in [3.05, 3.63) is 0 Å². The lowest BCUT2D eigenvalue weighted by Gasteiger charge is -2.27. The van der Waals surface area contributed by atoms with Gasteiger partial charge in [0.05, 0.1) is 6.04 Å². The van der Waals surface area contributed by atoms with E-state index in [1.54, 1.807) is 0 Å². The van der Waals surface area contributed by atoms with Crippen LogP contribution in [-0.4, -0.2) is 29.4 Å². The number of nitrogens with zero attached hydrogens (tertiary/aromatic N) is 1. The fourth-order valence-corrected chi connectivity index (χ4v) is 1.86. The molecule has 1 rings (SSSR count). The van der Waals surface area contributed by atoms with E-state index in [0.29, 0.717) is 6.04 Å². The second-order valence-electron chi connectivity index (χ2n) is 3.56. The van der Waals surface area contributed by atoms with Crippen molar-refractivity contribution in [1.82, 2.24) is 4.90 Å². The van der Waals surface area contributed by atoms with Gasteiger partial charge in [0.15, 0.2) is 0 Å². The van der Waals surface area contributed by atoms with Crippen LogP contribution in [-0.2, 0) is 4.79 Å². The standard InChI is InChI=1S/C9H18N2O/c1-3-7(2)11-6-4-5-8(11)9(10)12/h7-8H,3-6H2,1-2H3,(H2,10,12)/t7?,8-/m0/s1. The fourth-order valence-electron chi connectivity index (χ4n) is 1.86. The smallest absolute Gasteiger partial charge is 0.234 e. The first kappa shape index (κ1) is 9.52. The molecule has 0 spiro atoms. The quantitative estimate of drug-likeness (QED) is 0.679. The molecule has 12 heavy (non-hydrogen) atoms. The van der Waals surface area contributed by atoms with Gasteiger partial charge in [-0.25, -0.2) is 0 Å². The Morgan fingerprint density at radius 2 is 2.42 bits per heavy atom. The third-order valence-corrected chi connectivity index (χ3v) is 2.78. The summed E-state index contributed by atoms with van der Waals surface area (Å²) in [4.78, 5) is 13.2. The minimum absolute atomic E-state index is 0.0000463. The lowest BCUT2D eigenvalue weighted by Crippen LogP contribution is -2.44. The largest absolute Gasteiger partial charge is 0.368 e. The van der Waals surface area contributed by atoms with Crippen molar-refractivity contribution in [3.63, 3.8) is 0 Å². The van der Waals surface area contributed by atoms with Crippen LogP contribution in [0.3, 0.4) is 0 Å². The maximum Gasteiger partial charge on any atom is 0.234 e. The lowest BCUT2D eigenvalue weighted by atomic mass is 10.1. The Labute approximate surface area is 73.9 Å². The summed E-state index contributed by atoms with van der Waals surface area (Å²) < 4.78 is 0. The maximum atomic E-state index is 11.0. The second kappa shape index (κ2) is 3.90. The number of likely N-dealkylation sites (tertiary alicyclic amines) is 1. The van der Waals surface area contributed by atoms with E-state index in [1.165, 1.54) is 0 Å². The van der Waals surface area contributed by atoms with Crippen LogP contribution < -0.4 is 5.73 Å². The summed E-state index contributed by atoms with van der Waals surface area (Å²) in [6, 6.07) is 0.491. The molecule has 0 aromatic carbocycles. The molecule has 0 aromatic rings. The average molecular weight is 170 g/mol. The van der Waals surface area contributed by atoms with Crippen LogP contribution in [0, 0.1) is 0 Å². The maximum absolute atomic E-state index is 11.0. The molecule has 2 atom stereocenters. The van der Waals surface area contributed by atoms with Gasteiger partial charge in [-0.2, -0.15) is 0 Å². The molecule has 0 aromatic heterocycles. The van der Waals surface area contributed by atoms with Gasteiger partial charge in [-0.3, -0.25) is 9.69 Å². The van der Waals surface area contributed by atoms with Crippen molar-refractivity contribution >= 4 is 5.91 Å². The molecule has 1 unspecified atom stereocenters. The first-order chi connectivity index (χ1) is 5.66. The van der Waals surface area contributed by atoms with Crippen LogP contribution in [0.25, 0.3) is 0 Å². The topological polar surface area (TPSA) is 46.3 Å². The number of amides is 1. The minimum atomic E-state index is -0.159. The average Bonchev–Trinajstić information content (AvgIpc) is 2.50. The zero-order chi connectivity index (χ0) is 9.14. The fraction of sp³-hybridized carbons (Fsp3) is 0.889. The van der Waals surface area contributed by atoms with E-state index in [-0.39, 0.29) is 11.9 Å². The number of nitrogens with two attached hydrogens (primary N) is 1. The molecule has 0 saturated carbocycles. The Morgan fingerprint density at radius 1 is 1.75 bits per heavy atom. The Balaban J connectivity index is 2.57. The monoisotopic (exact) mass is 170 g/mol. The van der Waals surface area contributed by atoms with Gasteiger partial charge < -0.3 is 5.73 Å². The molecule has 0 bridgehead atoms. The predicted molar refractivity (Wildman–Crippen MR) is 48.7 cm³/mol. The summed E-state index contributed by atoms with van der Waals surface area (Å²) in [6.45, 7) is 5.32. The Bertz CT molecular complexity index is 170. The number of primary amides is 1. The van der Waals surface area contributed by atoms with Crippen LogP contribution in [0.4, 0.5) is 0 Å². The minimum Gasteiger partial charge on any atom is -0.368 e. The van der Waals surface area contributed by atoms with Crippen molar-refractivity contribution in [2.24, 2.45) is 5.73 Å². The highest BCUT2D eigenvalue weighted by Crippen LogP contribution is 2.20. The van der Waals surface area contributed by atoms with Gasteiger partial charge in [-0.05, 0) is 32.7 Å². The number of carbonyl (C=O) groups is 1. The molecule has 1 aliphatic rings. The van der Waals surface area contributed by atoms with E-state index < -0.39 is 0 Å². The molecule has 3 nitrogen and oxygen atoms in total. The zero-order valence-corrected chi connectivity index (χ0v) is 7.92. The Morgan fingerprint density at radius 3 is 2.92 bits per heavy atom. The van der Waals surface area contributed by atoms with Crippen molar-refractivity contribution in [3.8, 4) is 0 Å². The third-order valence-electron chi connectivity index (χ3n) is 2.78. The summed E-state index contributed by atoms with van der Waals surface area (Å²) in [5.41, 5.74) is 5.30. The Hall–Kier alpha value is -0.570. The number of hydrogen-bond acceptors (Lipinski definition) is 2. The van der Waals surface area contributed by atoms with E-state index in [1.807, 2.05) is 0 Å². The highest BCUT2D eigenvalue weighted by Gasteiger charge is 2.31. The molecule has 0 aliphatic carbocycles. The summed E-state index contributed by atoms with van der Waals surface area (Å²) in [7, 11) is 0. The van der Waals surface area contributed by atoms with Crippen LogP contribution in [0.1, 0.15) is 33.1 Å². The highest BCUT2D eigenvalue weighted by atomic mass is 16.1. The molecule has 70 valence electrons. The van der Waals surface area contributed by atoms with Gasteiger partial charge in [0.2, 0.25) is 5.91 Å². The van der Waals surface area contributed by atoms with Crippen molar-refractivity contribution in [2.45, 2.75) is 45.2 Å². The van der Waals surface area contributed by atoms with Gasteiger partial charge in [0.25, 0.3) is 0 Å². The molecule has 1 heterocycles. The van der Waals surface area contributed by atoms with Crippen LogP contribution in [0.15, 0.2) is 0 Å². The predicted octanol–water partition coefficient (Wildman–Crippen LogP) is 0.735. The van der Waals surface area contributed by atoms with E-state index in [4.69, 9.17) is 5.73 Å². The molecule has 1 aliphatic heterocycles. The molecule has 1 fully saturated rings. The van der Waals surface area contributed by atoms with Gasteiger partial charge in [0.1, 0.15) is 0 Å². The third kappa shape index (κ3) is 1.78. The van der Waals surface area contributed by atoms with E-state index >= 15 is 0 Å². The number of rotatable bonds is 3. The SMILES string of the molecule is CCC(C)N1CCC[C@H]1C(N)=O. The van der Waals surface area contributed by atoms with Gasteiger partial charge >= 0.3 is 0 Å². The van der Waals surface area contributed by atoms with Crippen LogP contribution in [0.5, 0.6) is 0 Å². The molecule has 3 heteroatoms. The van der Waals surface area contributed by atoms with Gasteiger partial charge in [-0.15, -0.1) is 0 Å². The zero-order valence-electron chi connectivity index (χ0n) is 7.92. The normalized spacial score (nSPS) is 27.3. The first-order valence-corrected chi connectivity index (χ1v) is 4.72. The molecule has 1 saturated heterocycles.